The van der Waals surface area contributed by atoms with Crippen LogP contribution in [-0.2, 0) is 4.79 Å². The fourth-order valence-electron chi connectivity index (χ4n) is 4.82. The average Bonchev–Trinajstić information content (AvgIpc) is 2.78. The number of carbonyl (C=O) groups is 1. The molecule has 1 aliphatic rings. The van der Waals surface area contributed by atoms with Gasteiger partial charge in [-0.15, -0.1) is 0 Å². The molecule has 4 rings (SSSR count). The summed E-state index contributed by atoms with van der Waals surface area (Å²) in [6.07, 6.45) is 5.81. The van der Waals surface area contributed by atoms with Crippen LogP contribution in [-0.4, -0.2) is 10.9 Å². The van der Waals surface area contributed by atoms with Crippen LogP contribution in [0.2, 0.25) is 5.02 Å². The second kappa shape index (κ2) is 9.35. The number of amides is 1. The zero-order valence-electron chi connectivity index (χ0n) is 17.9. The number of fused-ring (bicyclic) bond motifs is 1. The van der Waals surface area contributed by atoms with Gasteiger partial charge in [-0.2, -0.15) is 0 Å². The molecule has 1 aromatic heterocycles. The molecule has 0 aliphatic heterocycles. The quantitative estimate of drug-likeness (QED) is 0.475. The van der Waals surface area contributed by atoms with E-state index in [1.54, 1.807) is 12.1 Å². The highest BCUT2D eigenvalue weighted by Crippen LogP contribution is 2.40. The normalized spacial score (nSPS) is 20.9. The molecule has 2 atom stereocenters. The van der Waals surface area contributed by atoms with Gasteiger partial charge in [-0.05, 0) is 92.0 Å². The van der Waals surface area contributed by atoms with Crippen molar-refractivity contribution in [3.63, 3.8) is 0 Å². The van der Waals surface area contributed by atoms with Gasteiger partial charge in [0.25, 0.3) is 0 Å². The monoisotopic (exact) mass is 438 g/mol. The molecule has 0 spiro atoms. The van der Waals surface area contributed by atoms with Crippen LogP contribution < -0.4 is 5.32 Å². The van der Waals surface area contributed by atoms with Crippen molar-refractivity contribution in [2.75, 3.05) is 0 Å². The smallest absolute Gasteiger partial charge is 0.223 e. The van der Waals surface area contributed by atoms with E-state index in [0.717, 1.165) is 42.1 Å². The van der Waals surface area contributed by atoms with Gasteiger partial charge in [0.05, 0.1) is 11.6 Å². The number of nitrogens with one attached hydrogen (secondary N) is 1. The van der Waals surface area contributed by atoms with Crippen LogP contribution in [0.5, 0.6) is 0 Å². The van der Waals surface area contributed by atoms with E-state index in [1.807, 2.05) is 50.4 Å². The summed E-state index contributed by atoms with van der Waals surface area (Å²) in [5, 5.41) is 4.76. The van der Waals surface area contributed by atoms with Gasteiger partial charge < -0.3 is 5.32 Å². The van der Waals surface area contributed by atoms with E-state index in [4.69, 9.17) is 11.6 Å². The molecule has 0 radical (unpaired) electrons. The number of nitrogens with zero attached hydrogens (tertiary/aromatic N) is 1. The van der Waals surface area contributed by atoms with Crippen molar-refractivity contribution < 1.29 is 9.18 Å². The Morgan fingerprint density at radius 2 is 1.77 bits per heavy atom. The highest BCUT2D eigenvalue weighted by atomic mass is 35.5. The third-order valence-electron chi connectivity index (χ3n) is 6.80. The predicted molar refractivity (Wildman–Crippen MR) is 124 cm³/mol. The average molecular weight is 439 g/mol. The van der Waals surface area contributed by atoms with Gasteiger partial charge >= 0.3 is 0 Å². The van der Waals surface area contributed by atoms with Gasteiger partial charge in [0.15, 0.2) is 0 Å². The molecule has 3 aromatic rings. The third kappa shape index (κ3) is 4.90. The zero-order valence-corrected chi connectivity index (χ0v) is 18.7. The van der Waals surface area contributed by atoms with E-state index in [1.165, 1.54) is 11.6 Å². The second-order valence-corrected chi connectivity index (χ2v) is 9.18. The van der Waals surface area contributed by atoms with Crippen molar-refractivity contribution in [2.24, 2.45) is 11.8 Å². The van der Waals surface area contributed by atoms with Gasteiger partial charge in [0.2, 0.25) is 5.91 Å². The predicted octanol–water partition coefficient (Wildman–Crippen LogP) is 6.81. The van der Waals surface area contributed by atoms with Crippen molar-refractivity contribution in [1.29, 1.82) is 0 Å². The number of carbonyl (C=O) groups excluding carboxylic acids is 1. The lowest BCUT2D eigenvalue weighted by atomic mass is 9.73. The minimum atomic E-state index is -0.226. The second-order valence-electron chi connectivity index (χ2n) is 8.74. The molecule has 1 heterocycles. The fourth-order valence-corrected chi connectivity index (χ4v) is 4.95. The lowest BCUT2D eigenvalue weighted by Gasteiger charge is -2.33. The van der Waals surface area contributed by atoms with Crippen molar-refractivity contribution in [3.05, 3.63) is 76.7 Å². The lowest BCUT2D eigenvalue weighted by Crippen LogP contribution is -2.36. The van der Waals surface area contributed by atoms with Crippen LogP contribution >= 0.6 is 11.6 Å². The number of hydrogen-bond donors (Lipinski definition) is 1. The summed E-state index contributed by atoms with van der Waals surface area (Å²) in [4.78, 5) is 17.2. The molecular weight excluding hydrogens is 411 g/mol. The molecule has 0 bridgehead atoms. The highest BCUT2D eigenvalue weighted by Gasteiger charge is 2.30. The lowest BCUT2D eigenvalue weighted by molar-refractivity contribution is -0.127. The van der Waals surface area contributed by atoms with Gasteiger partial charge in [0, 0.05) is 22.5 Å². The Kier molecular flexibility index (Phi) is 6.57. The minimum absolute atomic E-state index is 0.0395. The summed E-state index contributed by atoms with van der Waals surface area (Å²) in [6.45, 7) is 4.03. The summed E-state index contributed by atoms with van der Waals surface area (Å²) in [7, 11) is 0. The molecule has 1 saturated carbocycles. The van der Waals surface area contributed by atoms with E-state index in [9.17, 15) is 9.18 Å². The third-order valence-corrected chi connectivity index (χ3v) is 7.05. The number of benzene rings is 2. The Hall–Kier alpha value is -2.46. The molecule has 2 aromatic carbocycles. The Morgan fingerprint density at radius 3 is 2.48 bits per heavy atom. The van der Waals surface area contributed by atoms with E-state index >= 15 is 0 Å². The van der Waals surface area contributed by atoms with Crippen LogP contribution in [0.1, 0.15) is 62.6 Å². The van der Waals surface area contributed by atoms with Crippen molar-refractivity contribution in [3.8, 4) is 0 Å². The maximum Gasteiger partial charge on any atom is 0.223 e. The van der Waals surface area contributed by atoms with Crippen LogP contribution in [0.25, 0.3) is 10.9 Å². The van der Waals surface area contributed by atoms with E-state index < -0.39 is 0 Å². The summed E-state index contributed by atoms with van der Waals surface area (Å²) in [5.41, 5.74) is 3.06. The molecule has 3 nitrogen and oxygen atoms in total. The largest absolute Gasteiger partial charge is 0.349 e. The first-order valence-electron chi connectivity index (χ1n) is 11.0. The van der Waals surface area contributed by atoms with Gasteiger partial charge in [-0.1, -0.05) is 30.7 Å². The summed E-state index contributed by atoms with van der Waals surface area (Å²) < 4.78 is 13.8. The highest BCUT2D eigenvalue weighted by molar-refractivity contribution is 6.30. The number of rotatable bonds is 5. The van der Waals surface area contributed by atoms with Crippen molar-refractivity contribution in [1.82, 2.24) is 10.3 Å². The van der Waals surface area contributed by atoms with Gasteiger partial charge in [-0.3, -0.25) is 9.78 Å². The molecule has 1 aliphatic carbocycles. The maximum atomic E-state index is 13.8. The zero-order chi connectivity index (χ0) is 22.0. The number of halogens is 2. The van der Waals surface area contributed by atoms with Crippen LogP contribution in [0.15, 0.2) is 54.7 Å². The molecule has 1 amide bonds. The van der Waals surface area contributed by atoms with E-state index in [0.29, 0.717) is 16.9 Å². The molecule has 0 unspecified atom stereocenters. The Bertz CT molecular complexity index is 1060. The Balaban J connectivity index is 1.38. The molecule has 0 saturated heterocycles. The first kappa shape index (κ1) is 21.8. The van der Waals surface area contributed by atoms with Crippen molar-refractivity contribution >= 4 is 28.4 Å². The Morgan fingerprint density at radius 1 is 1.06 bits per heavy atom. The number of aromatic nitrogens is 1. The van der Waals surface area contributed by atoms with Crippen molar-refractivity contribution in [2.45, 2.75) is 51.5 Å². The molecule has 1 N–H and O–H groups in total. The summed E-state index contributed by atoms with van der Waals surface area (Å²) in [5.74, 6) is 0.575. The molecule has 162 valence electrons. The maximum absolute atomic E-state index is 13.8. The summed E-state index contributed by atoms with van der Waals surface area (Å²) >= 11 is 5.96. The van der Waals surface area contributed by atoms with E-state index in [2.05, 4.69) is 10.3 Å². The molecule has 1 fully saturated rings. The minimum Gasteiger partial charge on any atom is -0.349 e. The van der Waals surface area contributed by atoms with E-state index in [-0.39, 0.29) is 23.7 Å². The SMILES string of the molecule is C[C@@H](NC(=O)[C@H](C)C1CCC(c2ccnc3ccc(F)cc23)CC1)c1ccc(Cl)cc1. The topological polar surface area (TPSA) is 42.0 Å². The molecular formula is C26H28ClFN2O. The van der Waals surface area contributed by atoms with Gasteiger partial charge in [0.1, 0.15) is 5.82 Å². The Labute approximate surface area is 188 Å². The summed E-state index contributed by atoms with van der Waals surface area (Å²) in [6, 6.07) is 14.4. The fraction of sp³-hybridized carbons (Fsp3) is 0.385. The standard InChI is InChI=1S/C26H28ClFN2O/c1-16(26(31)30-17(2)19-7-9-21(27)10-8-19)18-3-5-20(6-4-18)23-13-14-29-25-12-11-22(28)15-24(23)25/h7-18,20H,3-6H2,1-2H3,(H,30,31)/t16-,17-,18?,20?/m1/s1. The first-order valence-corrected chi connectivity index (χ1v) is 11.4. The van der Waals surface area contributed by atoms with Crippen LogP contribution in [0.3, 0.4) is 0 Å². The van der Waals surface area contributed by atoms with Crippen LogP contribution in [0, 0.1) is 17.7 Å². The first-order chi connectivity index (χ1) is 14.9. The number of hydrogen-bond acceptors (Lipinski definition) is 2. The van der Waals surface area contributed by atoms with Gasteiger partial charge in [-0.25, -0.2) is 4.39 Å². The van der Waals surface area contributed by atoms with Crippen LogP contribution in [0.4, 0.5) is 4.39 Å². The number of pyridine rings is 1. The molecule has 5 heteroatoms. The molecule has 31 heavy (non-hydrogen) atoms.